The zero-order chi connectivity index (χ0) is 16.2. The van der Waals surface area contributed by atoms with Crippen LogP contribution in [0.25, 0.3) is 0 Å². The number of hydrogen-bond donors (Lipinski definition) is 0. The summed E-state index contributed by atoms with van der Waals surface area (Å²) >= 11 is 3.27. The van der Waals surface area contributed by atoms with E-state index in [4.69, 9.17) is 5.26 Å². The normalized spacial score (nSPS) is 11.8. The first kappa shape index (κ1) is 16.2. The second kappa shape index (κ2) is 6.73. The van der Waals surface area contributed by atoms with Gasteiger partial charge in [-0.3, -0.25) is 4.28 Å². The van der Waals surface area contributed by atoms with Crippen molar-refractivity contribution in [2.75, 3.05) is 0 Å². The number of oxime groups is 1. The molecule has 0 fully saturated rings. The zero-order valence-electron chi connectivity index (χ0n) is 11.5. The Hall–Kier alpha value is -2.17. The van der Waals surface area contributed by atoms with Crippen molar-refractivity contribution in [2.45, 2.75) is 11.8 Å². The van der Waals surface area contributed by atoms with Crippen molar-refractivity contribution in [3.05, 3.63) is 64.1 Å². The second-order valence-corrected chi connectivity index (χ2v) is 6.84. The molecule has 2 rings (SSSR count). The number of hydrogen-bond acceptors (Lipinski definition) is 5. The van der Waals surface area contributed by atoms with Crippen LogP contribution in [0.15, 0.2) is 63.1 Å². The molecule has 2 aromatic carbocycles. The van der Waals surface area contributed by atoms with Gasteiger partial charge in [-0.25, -0.2) is 0 Å². The molecule has 0 radical (unpaired) electrons. The lowest BCUT2D eigenvalue weighted by Crippen LogP contribution is -2.06. The average molecular weight is 379 g/mol. The predicted molar refractivity (Wildman–Crippen MR) is 85.7 cm³/mol. The highest BCUT2D eigenvalue weighted by molar-refractivity contribution is 9.10. The Balaban J connectivity index is 2.26. The van der Waals surface area contributed by atoms with E-state index in [2.05, 4.69) is 25.4 Å². The lowest BCUT2D eigenvalue weighted by molar-refractivity contribution is 0.339. The molecule has 112 valence electrons. The van der Waals surface area contributed by atoms with E-state index in [-0.39, 0.29) is 10.6 Å². The minimum Gasteiger partial charge on any atom is -0.263 e. The summed E-state index contributed by atoms with van der Waals surface area (Å²) in [5.74, 6) is 0. The van der Waals surface area contributed by atoms with Crippen molar-refractivity contribution >= 4 is 31.8 Å². The lowest BCUT2D eigenvalue weighted by atomic mass is 10.1. The Morgan fingerprint density at radius 2 is 1.73 bits per heavy atom. The number of aryl methyl sites for hydroxylation is 1. The molecule has 5 nitrogen and oxygen atoms in total. The van der Waals surface area contributed by atoms with E-state index in [1.807, 2.05) is 13.0 Å². The summed E-state index contributed by atoms with van der Waals surface area (Å²) in [6.45, 7) is 1.84. The number of nitriles is 1. The standard InChI is InChI=1S/C15H11BrN2O3S/c1-11-2-8-14(9-3-11)22(19,20)21-18-15(10-17)12-4-6-13(16)7-5-12/h2-9H,1H3/b18-15+. The summed E-state index contributed by atoms with van der Waals surface area (Å²) in [5.41, 5.74) is 1.27. The van der Waals surface area contributed by atoms with Crippen LogP contribution < -0.4 is 0 Å². The fraction of sp³-hybridized carbons (Fsp3) is 0.0667. The highest BCUT2D eigenvalue weighted by atomic mass is 79.9. The molecule has 0 spiro atoms. The Bertz CT molecular complexity index is 836. The molecular weight excluding hydrogens is 368 g/mol. The number of halogens is 1. The third kappa shape index (κ3) is 3.93. The van der Waals surface area contributed by atoms with Crippen LogP contribution in [0.1, 0.15) is 11.1 Å². The first-order valence-electron chi connectivity index (χ1n) is 6.17. The number of rotatable bonds is 4. The first-order valence-corrected chi connectivity index (χ1v) is 8.37. The molecule has 0 N–H and O–H groups in total. The third-order valence-electron chi connectivity index (χ3n) is 2.76. The Morgan fingerprint density at radius 3 is 2.27 bits per heavy atom. The smallest absolute Gasteiger partial charge is 0.263 e. The predicted octanol–water partition coefficient (Wildman–Crippen LogP) is 3.39. The van der Waals surface area contributed by atoms with Crippen molar-refractivity contribution in [1.82, 2.24) is 0 Å². The molecule has 0 aliphatic rings. The summed E-state index contributed by atoms with van der Waals surface area (Å²) in [4.78, 5) is -0.0186. The van der Waals surface area contributed by atoms with Gasteiger partial charge in [-0.05, 0) is 31.2 Å². The minimum absolute atomic E-state index is 0.0186. The molecule has 2 aromatic rings. The maximum Gasteiger partial charge on any atom is 0.358 e. The summed E-state index contributed by atoms with van der Waals surface area (Å²) in [5, 5.41) is 12.6. The van der Waals surface area contributed by atoms with Gasteiger partial charge in [0.25, 0.3) is 0 Å². The molecule has 0 unspecified atom stereocenters. The van der Waals surface area contributed by atoms with Crippen molar-refractivity contribution in [2.24, 2.45) is 5.16 Å². The molecule has 0 saturated carbocycles. The molecule has 0 aromatic heterocycles. The largest absolute Gasteiger partial charge is 0.358 e. The van der Waals surface area contributed by atoms with Gasteiger partial charge in [-0.15, -0.1) is 0 Å². The molecular formula is C15H11BrN2O3S. The molecule has 0 aliphatic heterocycles. The number of nitrogens with zero attached hydrogens (tertiary/aromatic N) is 2. The van der Waals surface area contributed by atoms with Crippen molar-refractivity contribution < 1.29 is 12.7 Å². The monoisotopic (exact) mass is 378 g/mol. The molecule has 0 saturated heterocycles. The van der Waals surface area contributed by atoms with Crippen LogP contribution in [0, 0.1) is 18.3 Å². The van der Waals surface area contributed by atoms with Gasteiger partial charge in [0.1, 0.15) is 11.0 Å². The molecule has 0 aliphatic carbocycles. The van der Waals surface area contributed by atoms with E-state index in [0.29, 0.717) is 5.56 Å². The SMILES string of the molecule is Cc1ccc(S(=O)(=O)O/N=C(\C#N)c2ccc(Br)cc2)cc1. The molecule has 0 bridgehead atoms. The van der Waals surface area contributed by atoms with Crippen LogP contribution in [-0.4, -0.2) is 14.1 Å². The molecule has 7 heteroatoms. The zero-order valence-corrected chi connectivity index (χ0v) is 13.9. The molecule has 22 heavy (non-hydrogen) atoms. The summed E-state index contributed by atoms with van der Waals surface area (Å²) in [6.07, 6.45) is 0. The molecule has 0 amide bonds. The Morgan fingerprint density at radius 1 is 1.14 bits per heavy atom. The maximum absolute atomic E-state index is 12.0. The van der Waals surface area contributed by atoms with Crippen LogP contribution in [-0.2, 0) is 14.4 Å². The van der Waals surface area contributed by atoms with Crippen LogP contribution in [0.4, 0.5) is 0 Å². The Labute approximate surface area is 137 Å². The topological polar surface area (TPSA) is 79.5 Å². The van der Waals surface area contributed by atoms with Crippen LogP contribution in [0.2, 0.25) is 0 Å². The second-order valence-electron chi connectivity index (χ2n) is 4.40. The van der Waals surface area contributed by atoms with Crippen LogP contribution >= 0.6 is 15.9 Å². The molecule has 0 heterocycles. The fourth-order valence-electron chi connectivity index (χ4n) is 1.58. The van der Waals surface area contributed by atoms with E-state index >= 15 is 0 Å². The van der Waals surface area contributed by atoms with Gasteiger partial charge >= 0.3 is 10.1 Å². The van der Waals surface area contributed by atoms with Gasteiger partial charge in [-0.2, -0.15) is 13.7 Å². The number of benzene rings is 2. The van der Waals surface area contributed by atoms with Gasteiger partial charge in [-0.1, -0.05) is 50.9 Å². The summed E-state index contributed by atoms with van der Waals surface area (Å²) in [6, 6.07) is 14.7. The fourth-order valence-corrected chi connectivity index (χ4v) is 2.57. The summed E-state index contributed by atoms with van der Waals surface area (Å²) in [7, 11) is -4.05. The van der Waals surface area contributed by atoms with E-state index in [9.17, 15) is 8.42 Å². The maximum atomic E-state index is 12.0. The highest BCUT2D eigenvalue weighted by Crippen LogP contribution is 2.15. The van der Waals surface area contributed by atoms with Gasteiger partial charge in [0.15, 0.2) is 5.71 Å². The average Bonchev–Trinajstić information content (AvgIpc) is 2.50. The van der Waals surface area contributed by atoms with Crippen LogP contribution in [0.3, 0.4) is 0 Å². The Kier molecular flexibility index (Phi) is 4.96. The van der Waals surface area contributed by atoms with E-state index in [0.717, 1.165) is 10.0 Å². The third-order valence-corrected chi connectivity index (χ3v) is 4.41. The van der Waals surface area contributed by atoms with Crippen molar-refractivity contribution in [3.63, 3.8) is 0 Å². The summed E-state index contributed by atoms with van der Waals surface area (Å²) < 4.78 is 29.5. The van der Waals surface area contributed by atoms with Gasteiger partial charge in [0, 0.05) is 10.0 Å². The highest BCUT2D eigenvalue weighted by Gasteiger charge is 2.16. The molecule has 0 atom stereocenters. The quantitative estimate of drug-likeness (QED) is 0.603. The van der Waals surface area contributed by atoms with E-state index < -0.39 is 10.1 Å². The van der Waals surface area contributed by atoms with Gasteiger partial charge in [0.05, 0.1) is 0 Å². The van der Waals surface area contributed by atoms with Gasteiger partial charge < -0.3 is 0 Å². The van der Waals surface area contributed by atoms with Crippen LogP contribution in [0.5, 0.6) is 0 Å². The van der Waals surface area contributed by atoms with Crippen molar-refractivity contribution in [3.8, 4) is 6.07 Å². The first-order chi connectivity index (χ1) is 10.4. The van der Waals surface area contributed by atoms with Crippen molar-refractivity contribution in [1.29, 1.82) is 5.26 Å². The van der Waals surface area contributed by atoms with E-state index in [1.165, 1.54) is 12.1 Å². The minimum atomic E-state index is -4.05. The lowest BCUT2D eigenvalue weighted by Gasteiger charge is -2.03. The van der Waals surface area contributed by atoms with Gasteiger partial charge in [0.2, 0.25) is 0 Å². The van der Waals surface area contributed by atoms with E-state index in [1.54, 1.807) is 36.4 Å².